The van der Waals surface area contributed by atoms with E-state index in [9.17, 15) is 0 Å². The fraction of sp³-hybridized carbons (Fsp3) is 1.00. The molecule has 0 amide bonds. The van der Waals surface area contributed by atoms with E-state index in [1.807, 2.05) is 0 Å². The molecule has 1 atom stereocenters. The summed E-state index contributed by atoms with van der Waals surface area (Å²) in [6.45, 7) is 6.69. The lowest BCUT2D eigenvalue weighted by Crippen LogP contribution is -2.43. The molecule has 1 aliphatic carbocycles. The standard InChI is InChI=1S/C16H32O3/c1-5-14(2)16(11-17-3,12-18-4)13-19-15-9-7-6-8-10-15/h14-15H,5-13H2,1-4H3. The molecule has 0 N–H and O–H groups in total. The van der Waals surface area contributed by atoms with Crippen LogP contribution in [-0.4, -0.2) is 40.1 Å². The van der Waals surface area contributed by atoms with Gasteiger partial charge in [0.25, 0.3) is 0 Å². The second-order valence-corrected chi connectivity index (χ2v) is 6.11. The number of ether oxygens (including phenoxy) is 3. The van der Waals surface area contributed by atoms with Gasteiger partial charge in [0.15, 0.2) is 0 Å². The SMILES string of the molecule is CCC(C)C(COC)(COC)COC1CCCCC1. The first-order valence-electron chi connectivity index (χ1n) is 7.78. The van der Waals surface area contributed by atoms with Gasteiger partial charge in [0.1, 0.15) is 0 Å². The summed E-state index contributed by atoms with van der Waals surface area (Å²) in [5.41, 5.74) is -0.00427. The van der Waals surface area contributed by atoms with Crippen LogP contribution < -0.4 is 0 Å². The molecule has 19 heavy (non-hydrogen) atoms. The Morgan fingerprint density at radius 2 is 1.58 bits per heavy atom. The quantitative estimate of drug-likeness (QED) is 0.641. The van der Waals surface area contributed by atoms with Crippen LogP contribution in [0, 0.1) is 11.3 Å². The molecule has 1 fully saturated rings. The molecule has 0 saturated heterocycles. The van der Waals surface area contributed by atoms with E-state index in [1.54, 1.807) is 14.2 Å². The molecule has 1 rings (SSSR count). The van der Waals surface area contributed by atoms with E-state index >= 15 is 0 Å². The van der Waals surface area contributed by atoms with Crippen molar-refractivity contribution in [3.05, 3.63) is 0 Å². The molecule has 1 saturated carbocycles. The summed E-state index contributed by atoms with van der Waals surface area (Å²) in [4.78, 5) is 0. The Morgan fingerprint density at radius 1 is 1.00 bits per heavy atom. The zero-order valence-electron chi connectivity index (χ0n) is 13.2. The van der Waals surface area contributed by atoms with Crippen molar-refractivity contribution in [1.82, 2.24) is 0 Å². The van der Waals surface area contributed by atoms with Gasteiger partial charge in [-0.3, -0.25) is 0 Å². The second-order valence-electron chi connectivity index (χ2n) is 6.11. The van der Waals surface area contributed by atoms with Gasteiger partial charge in [0, 0.05) is 19.6 Å². The van der Waals surface area contributed by atoms with Gasteiger partial charge in [-0.2, -0.15) is 0 Å². The molecule has 1 aliphatic rings. The number of hydrogen-bond donors (Lipinski definition) is 0. The van der Waals surface area contributed by atoms with Gasteiger partial charge in [0.05, 0.1) is 25.9 Å². The second kappa shape index (κ2) is 8.93. The summed E-state index contributed by atoms with van der Waals surface area (Å²) in [6.07, 6.45) is 8.01. The van der Waals surface area contributed by atoms with Crippen LogP contribution in [0.3, 0.4) is 0 Å². The fourth-order valence-corrected chi connectivity index (χ4v) is 3.08. The van der Waals surface area contributed by atoms with Gasteiger partial charge in [0.2, 0.25) is 0 Å². The van der Waals surface area contributed by atoms with Gasteiger partial charge in [-0.05, 0) is 18.8 Å². The molecule has 0 spiro atoms. The normalized spacial score (nSPS) is 19.6. The number of methoxy groups -OCH3 is 2. The molecule has 0 aliphatic heterocycles. The maximum atomic E-state index is 6.22. The minimum atomic E-state index is -0.00427. The van der Waals surface area contributed by atoms with Crippen LogP contribution in [0.2, 0.25) is 0 Å². The van der Waals surface area contributed by atoms with Crippen LogP contribution in [0.15, 0.2) is 0 Å². The lowest BCUT2D eigenvalue weighted by Gasteiger charge is -2.39. The maximum Gasteiger partial charge on any atom is 0.0575 e. The predicted octanol–water partition coefficient (Wildman–Crippen LogP) is 3.66. The van der Waals surface area contributed by atoms with Crippen LogP contribution in [0.5, 0.6) is 0 Å². The van der Waals surface area contributed by atoms with Crippen LogP contribution in [-0.2, 0) is 14.2 Å². The molecule has 3 heteroatoms. The molecule has 0 heterocycles. The van der Waals surface area contributed by atoms with Crippen molar-refractivity contribution in [1.29, 1.82) is 0 Å². The summed E-state index contributed by atoms with van der Waals surface area (Å²) in [7, 11) is 3.54. The van der Waals surface area contributed by atoms with Crippen molar-refractivity contribution in [2.45, 2.75) is 58.5 Å². The summed E-state index contributed by atoms with van der Waals surface area (Å²) < 4.78 is 17.1. The van der Waals surface area contributed by atoms with Crippen LogP contribution in [0.25, 0.3) is 0 Å². The minimum Gasteiger partial charge on any atom is -0.384 e. The summed E-state index contributed by atoms with van der Waals surface area (Å²) in [6, 6.07) is 0. The third-order valence-electron chi connectivity index (χ3n) is 4.68. The van der Waals surface area contributed by atoms with E-state index in [2.05, 4.69) is 13.8 Å². The predicted molar refractivity (Wildman–Crippen MR) is 78.5 cm³/mol. The zero-order chi connectivity index (χ0) is 14.1. The monoisotopic (exact) mass is 272 g/mol. The first-order chi connectivity index (χ1) is 9.18. The van der Waals surface area contributed by atoms with E-state index in [1.165, 1.54) is 32.1 Å². The highest BCUT2D eigenvalue weighted by atomic mass is 16.5. The Hall–Kier alpha value is -0.120. The molecule has 0 aromatic rings. The van der Waals surface area contributed by atoms with E-state index < -0.39 is 0 Å². The topological polar surface area (TPSA) is 27.7 Å². The van der Waals surface area contributed by atoms with Gasteiger partial charge >= 0.3 is 0 Å². The maximum absolute atomic E-state index is 6.22. The first-order valence-corrected chi connectivity index (χ1v) is 7.78. The van der Waals surface area contributed by atoms with E-state index in [0.29, 0.717) is 25.2 Å². The van der Waals surface area contributed by atoms with Gasteiger partial charge < -0.3 is 14.2 Å². The molecule has 0 aromatic heterocycles. The Kier molecular flexibility index (Phi) is 7.96. The van der Waals surface area contributed by atoms with Crippen molar-refractivity contribution < 1.29 is 14.2 Å². The van der Waals surface area contributed by atoms with E-state index in [4.69, 9.17) is 14.2 Å². The Bertz CT molecular complexity index is 218. The largest absolute Gasteiger partial charge is 0.384 e. The van der Waals surface area contributed by atoms with Gasteiger partial charge in [-0.1, -0.05) is 39.5 Å². The third kappa shape index (κ3) is 5.05. The summed E-state index contributed by atoms with van der Waals surface area (Å²) in [5, 5.41) is 0. The van der Waals surface area contributed by atoms with Crippen LogP contribution in [0.4, 0.5) is 0 Å². The van der Waals surface area contributed by atoms with Crippen molar-refractivity contribution >= 4 is 0 Å². The molecule has 0 aromatic carbocycles. The molecule has 0 radical (unpaired) electrons. The fourth-order valence-electron chi connectivity index (χ4n) is 3.08. The van der Waals surface area contributed by atoms with E-state index in [0.717, 1.165) is 13.0 Å². The first kappa shape index (κ1) is 16.9. The molecule has 0 bridgehead atoms. The smallest absolute Gasteiger partial charge is 0.0575 e. The molecule has 3 nitrogen and oxygen atoms in total. The Labute approximate surface area is 119 Å². The molecular formula is C16H32O3. The average Bonchev–Trinajstić information content (AvgIpc) is 2.45. The zero-order valence-corrected chi connectivity index (χ0v) is 13.2. The van der Waals surface area contributed by atoms with Gasteiger partial charge in [-0.15, -0.1) is 0 Å². The van der Waals surface area contributed by atoms with Crippen LogP contribution >= 0.6 is 0 Å². The van der Waals surface area contributed by atoms with Crippen molar-refractivity contribution in [3.8, 4) is 0 Å². The molecule has 1 unspecified atom stereocenters. The summed E-state index contributed by atoms with van der Waals surface area (Å²) >= 11 is 0. The van der Waals surface area contributed by atoms with Crippen molar-refractivity contribution in [3.63, 3.8) is 0 Å². The highest BCUT2D eigenvalue weighted by Crippen LogP contribution is 2.33. The van der Waals surface area contributed by atoms with E-state index in [-0.39, 0.29) is 5.41 Å². The van der Waals surface area contributed by atoms with Crippen molar-refractivity contribution in [2.75, 3.05) is 34.0 Å². The highest BCUT2D eigenvalue weighted by Gasteiger charge is 2.37. The lowest BCUT2D eigenvalue weighted by molar-refractivity contribution is -0.104. The van der Waals surface area contributed by atoms with Crippen LogP contribution in [0.1, 0.15) is 52.4 Å². The number of rotatable bonds is 9. The highest BCUT2D eigenvalue weighted by molar-refractivity contribution is 4.84. The average molecular weight is 272 g/mol. The minimum absolute atomic E-state index is 0.00427. The Morgan fingerprint density at radius 3 is 2.05 bits per heavy atom. The van der Waals surface area contributed by atoms with Gasteiger partial charge in [-0.25, -0.2) is 0 Å². The van der Waals surface area contributed by atoms with Crippen molar-refractivity contribution in [2.24, 2.45) is 11.3 Å². The Balaban J connectivity index is 2.59. The lowest BCUT2D eigenvalue weighted by atomic mass is 9.76. The number of hydrogen-bond acceptors (Lipinski definition) is 3. The summed E-state index contributed by atoms with van der Waals surface area (Å²) in [5.74, 6) is 0.538. The molecule has 114 valence electrons. The molecular weight excluding hydrogens is 240 g/mol. The third-order valence-corrected chi connectivity index (χ3v) is 4.68.